The third kappa shape index (κ3) is 1.41. The molecule has 2 nitrogen and oxygen atoms in total. The zero-order valence-corrected chi connectivity index (χ0v) is 8.49. The zero-order valence-electron chi connectivity index (χ0n) is 8.49. The van der Waals surface area contributed by atoms with Crippen LogP contribution in [-0.4, -0.2) is 11.9 Å². The Morgan fingerprint density at radius 2 is 2.14 bits per heavy atom. The third-order valence-corrected chi connectivity index (χ3v) is 2.84. The van der Waals surface area contributed by atoms with E-state index in [0.717, 1.165) is 24.0 Å². The first-order valence-electron chi connectivity index (χ1n) is 4.86. The van der Waals surface area contributed by atoms with Gasteiger partial charge in [-0.3, -0.25) is 0 Å². The maximum Gasteiger partial charge on any atom is 0.127 e. The van der Waals surface area contributed by atoms with E-state index in [0.29, 0.717) is 0 Å². The van der Waals surface area contributed by atoms with E-state index in [2.05, 4.69) is 0 Å². The molecule has 0 fully saturated rings. The molecule has 0 N–H and O–H groups in total. The maximum absolute atomic E-state index is 10.9. The summed E-state index contributed by atoms with van der Waals surface area (Å²) in [6.07, 6.45) is 1.78. The Balaban J connectivity index is 2.39. The Morgan fingerprint density at radius 1 is 1.43 bits per heavy atom. The molecule has 14 heavy (non-hydrogen) atoms. The number of para-hydroxylation sites is 1. The van der Waals surface area contributed by atoms with Gasteiger partial charge in [-0.15, -0.1) is 0 Å². The Morgan fingerprint density at radius 3 is 2.86 bits per heavy atom. The second kappa shape index (κ2) is 3.12. The molecule has 1 aliphatic rings. The highest BCUT2D eigenvalue weighted by Crippen LogP contribution is 2.35. The molecule has 2 heteroatoms. The summed E-state index contributed by atoms with van der Waals surface area (Å²) in [5.74, 6) is 0.869. The van der Waals surface area contributed by atoms with Gasteiger partial charge < -0.3 is 9.53 Å². The van der Waals surface area contributed by atoms with Crippen molar-refractivity contribution < 1.29 is 9.53 Å². The normalized spacial score (nSPS) is 23.4. The molecule has 0 saturated heterocycles. The Bertz CT molecular complexity index is 355. The fourth-order valence-electron chi connectivity index (χ4n) is 1.83. The molecule has 1 unspecified atom stereocenters. The Labute approximate surface area is 83.9 Å². The summed E-state index contributed by atoms with van der Waals surface area (Å²) in [6, 6.07) is 7.90. The van der Waals surface area contributed by atoms with E-state index in [9.17, 15) is 4.79 Å². The molecule has 1 aromatic carbocycles. The number of benzene rings is 1. The van der Waals surface area contributed by atoms with Crippen LogP contribution in [0.15, 0.2) is 24.3 Å². The van der Waals surface area contributed by atoms with Crippen molar-refractivity contribution in [3.63, 3.8) is 0 Å². The molecule has 1 heterocycles. The van der Waals surface area contributed by atoms with Crippen molar-refractivity contribution in [3.05, 3.63) is 29.8 Å². The van der Waals surface area contributed by atoms with Crippen LogP contribution in [0.1, 0.15) is 19.4 Å². The van der Waals surface area contributed by atoms with Crippen molar-refractivity contribution in [2.75, 3.05) is 0 Å². The number of rotatable bonds is 1. The molecule has 0 bridgehead atoms. The van der Waals surface area contributed by atoms with Gasteiger partial charge in [-0.1, -0.05) is 18.2 Å². The van der Waals surface area contributed by atoms with E-state index in [-0.39, 0.29) is 11.5 Å². The van der Waals surface area contributed by atoms with Gasteiger partial charge in [0.2, 0.25) is 0 Å². The minimum absolute atomic E-state index is 0.0441. The zero-order chi connectivity index (χ0) is 10.2. The topological polar surface area (TPSA) is 26.3 Å². The number of carbonyl (C=O) groups excluding carboxylic acids is 1. The second-order valence-electron chi connectivity index (χ2n) is 4.26. The van der Waals surface area contributed by atoms with Gasteiger partial charge in [0.25, 0.3) is 0 Å². The molecule has 1 atom stereocenters. The average Bonchev–Trinajstić information content (AvgIpc) is 2.15. The van der Waals surface area contributed by atoms with Gasteiger partial charge in [-0.05, 0) is 31.9 Å². The first-order chi connectivity index (χ1) is 6.63. The van der Waals surface area contributed by atoms with Crippen molar-refractivity contribution in [2.24, 2.45) is 5.92 Å². The van der Waals surface area contributed by atoms with Crippen molar-refractivity contribution in [1.82, 2.24) is 0 Å². The standard InChI is InChI=1S/C12H14O2/c1-12(2)10(8-13)7-9-5-3-4-6-11(9)14-12/h3-6,8,10H,7H2,1-2H3. The van der Waals surface area contributed by atoms with Gasteiger partial charge in [0.1, 0.15) is 17.6 Å². The van der Waals surface area contributed by atoms with Crippen molar-refractivity contribution >= 4 is 6.29 Å². The van der Waals surface area contributed by atoms with Crippen LogP contribution in [0.2, 0.25) is 0 Å². The van der Waals surface area contributed by atoms with Gasteiger partial charge in [0, 0.05) is 0 Å². The van der Waals surface area contributed by atoms with Gasteiger partial charge in [0.05, 0.1) is 5.92 Å². The van der Waals surface area contributed by atoms with E-state index in [4.69, 9.17) is 4.74 Å². The van der Waals surface area contributed by atoms with Gasteiger partial charge >= 0.3 is 0 Å². The van der Waals surface area contributed by atoms with Crippen LogP contribution in [-0.2, 0) is 11.2 Å². The molecule has 0 radical (unpaired) electrons. The minimum Gasteiger partial charge on any atom is -0.487 e. The SMILES string of the molecule is CC1(C)Oc2ccccc2CC1C=O. The molecular weight excluding hydrogens is 176 g/mol. The molecule has 74 valence electrons. The lowest BCUT2D eigenvalue weighted by atomic mass is 9.84. The third-order valence-electron chi connectivity index (χ3n) is 2.84. The average molecular weight is 190 g/mol. The van der Waals surface area contributed by atoms with Crippen LogP contribution in [0, 0.1) is 5.92 Å². The predicted octanol–water partition coefficient (Wildman–Crippen LogP) is 2.22. The number of aldehydes is 1. The van der Waals surface area contributed by atoms with E-state index in [1.54, 1.807) is 0 Å². The fourth-order valence-corrected chi connectivity index (χ4v) is 1.83. The van der Waals surface area contributed by atoms with Crippen molar-refractivity contribution in [2.45, 2.75) is 25.9 Å². The van der Waals surface area contributed by atoms with Gasteiger partial charge in [0.15, 0.2) is 0 Å². The van der Waals surface area contributed by atoms with Crippen LogP contribution in [0.4, 0.5) is 0 Å². The van der Waals surface area contributed by atoms with Crippen LogP contribution >= 0.6 is 0 Å². The van der Waals surface area contributed by atoms with Crippen LogP contribution in [0.25, 0.3) is 0 Å². The van der Waals surface area contributed by atoms with E-state index in [1.165, 1.54) is 0 Å². The van der Waals surface area contributed by atoms with Crippen LogP contribution < -0.4 is 4.74 Å². The highest BCUT2D eigenvalue weighted by molar-refractivity contribution is 5.58. The lowest BCUT2D eigenvalue weighted by molar-refractivity contribution is -0.117. The second-order valence-corrected chi connectivity index (χ2v) is 4.26. The Kier molecular flexibility index (Phi) is 2.06. The molecule has 0 aromatic heterocycles. The number of hydrogen-bond donors (Lipinski definition) is 0. The fraction of sp³-hybridized carbons (Fsp3) is 0.417. The predicted molar refractivity (Wildman–Crippen MR) is 54.4 cm³/mol. The molecule has 0 saturated carbocycles. The van der Waals surface area contributed by atoms with Gasteiger partial charge in [-0.25, -0.2) is 0 Å². The Hall–Kier alpha value is -1.31. The number of hydrogen-bond acceptors (Lipinski definition) is 2. The number of ether oxygens (including phenoxy) is 1. The maximum atomic E-state index is 10.9. The lowest BCUT2D eigenvalue weighted by Crippen LogP contribution is -2.42. The quantitative estimate of drug-likeness (QED) is 0.635. The molecule has 0 spiro atoms. The molecular formula is C12H14O2. The molecule has 0 amide bonds. The highest BCUT2D eigenvalue weighted by atomic mass is 16.5. The summed E-state index contributed by atoms with van der Waals surface area (Å²) < 4.78 is 5.79. The molecule has 1 aromatic rings. The summed E-state index contributed by atoms with van der Waals surface area (Å²) in [5, 5.41) is 0. The van der Waals surface area contributed by atoms with Crippen LogP contribution in [0.5, 0.6) is 5.75 Å². The van der Waals surface area contributed by atoms with E-state index >= 15 is 0 Å². The van der Waals surface area contributed by atoms with E-state index in [1.807, 2.05) is 38.1 Å². The van der Waals surface area contributed by atoms with E-state index < -0.39 is 0 Å². The summed E-state index contributed by atoms with van der Waals surface area (Å²) in [6.45, 7) is 3.92. The minimum atomic E-state index is -0.379. The van der Waals surface area contributed by atoms with Crippen molar-refractivity contribution in [1.29, 1.82) is 0 Å². The first-order valence-corrected chi connectivity index (χ1v) is 4.86. The van der Waals surface area contributed by atoms with Crippen molar-refractivity contribution in [3.8, 4) is 5.75 Å². The first kappa shape index (κ1) is 9.25. The summed E-state index contributed by atoms with van der Waals surface area (Å²) in [4.78, 5) is 10.9. The molecule has 0 aliphatic carbocycles. The summed E-state index contributed by atoms with van der Waals surface area (Å²) in [7, 11) is 0. The highest BCUT2D eigenvalue weighted by Gasteiger charge is 2.36. The summed E-state index contributed by atoms with van der Waals surface area (Å²) >= 11 is 0. The molecule has 2 rings (SSSR count). The van der Waals surface area contributed by atoms with Crippen LogP contribution in [0.3, 0.4) is 0 Å². The molecule has 1 aliphatic heterocycles. The lowest BCUT2D eigenvalue weighted by Gasteiger charge is -2.37. The monoisotopic (exact) mass is 190 g/mol. The summed E-state index contributed by atoms with van der Waals surface area (Å²) in [5.41, 5.74) is 0.750. The largest absolute Gasteiger partial charge is 0.487 e. The smallest absolute Gasteiger partial charge is 0.127 e. The number of fused-ring (bicyclic) bond motifs is 1. The number of carbonyl (C=O) groups is 1. The van der Waals surface area contributed by atoms with Gasteiger partial charge in [-0.2, -0.15) is 0 Å².